The van der Waals surface area contributed by atoms with E-state index in [0.717, 1.165) is 6.42 Å². The fourth-order valence-electron chi connectivity index (χ4n) is 0.852. The molecule has 0 radical (unpaired) electrons. The molecule has 4 nitrogen and oxygen atoms in total. The molecular formula is C9H16N2O2. The molecule has 1 unspecified atom stereocenters. The van der Waals surface area contributed by atoms with Crippen LogP contribution in [0.3, 0.4) is 0 Å². The predicted molar refractivity (Wildman–Crippen MR) is 50.8 cm³/mol. The van der Waals surface area contributed by atoms with Crippen molar-refractivity contribution in [2.45, 2.75) is 38.8 Å². The Labute approximate surface area is 78.2 Å². The number of nitrogens with two attached hydrogens (primary N) is 1. The molecule has 0 aromatic carbocycles. The van der Waals surface area contributed by atoms with Gasteiger partial charge in [-0.3, -0.25) is 0 Å². The fourth-order valence-corrected chi connectivity index (χ4v) is 0.852. The van der Waals surface area contributed by atoms with Gasteiger partial charge in [-0.05, 0) is 27.2 Å². The van der Waals surface area contributed by atoms with Gasteiger partial charge in [-0.15, -0.1) is 0 Å². The second-order valence-electron chi connectivity index (χ2n) is 4.32. The summed E-state index contributed by atoms with van der Waals surface area (Å²) in [5.41, 5.74) is 5.06. The minimum absolute atomic E-state index is 0.186. The molecule has 1 rings (SSSR count). The normalized spacial score (nSPS) is 27.7. The molecule has 0 heterocycles. The van der Waals surface area contributed by atoms with Crippen LogP contribution in [0.25, 0.3) is 0 Å². The lowest BCUT2D eigenvalue weighted by Gasteiger charge is -2.16. The van der Waals surface area contributed by atoms with Gasteiger partial charge in [0.05, 0.1) is 0 Å². The molecule has 1 amide bonds. The number of hydrogen-bond donors (Lipinski definition) is 1. The van der Waals surface area contributed by atoms with Crippen molar-refractivity contribution in [1.29, 1.82) is 0 Å². The van der Waals surface area contributed by atoms with Gasteiger partial charge in [0, 0.05) is 18.2 Å². The maximum Gasteiger partial charge on any atom is 0.433 e. The Balaban J connectivity index is 2.29. The van der Waals surface area contributed by atoms with Gasteiger partial charge in [0.2, 0.25) is 0 Å². The number of carbonyl (C=O) groups excluding carboxylic acids is 1. The zero-order chi connectivity index (χ0) is 10.1. The first-order valence-corrected chi connectivity index (χ1v) is 4.41. The van der Waals surface area contributed by atoms with Gasteiger partial charge in [-0.2, -0.15) is 4.99 Å². The van der Waals surface area contributed by atoms with E-state index in [1.165, 1.54) is 0 Å². The quantitative estimate of drug-likeness (QED) is 0.625. The molecule has 2 N–H and O–H groups in total. The summed E-state index contributed by atoms with van der Waals surface area (Å²) in [4.78, 5) is 14.7. The predicted octanol–water partition coefficient (Wildman–Crippen LogP) is 1.34. The van der Waals surface area contributed by atoms with E-state index in [-0.39, 0.29) is 12.0 Å². The summed E-state index contributed by atoms with van der Waals surface area (Å²) in [5.74, 6) is 0.271. The molecule has 1 fully saturated rings. The van der Waals surface area contributed by atoms with E-state index in [9.17, 15) is 4.79 Å². The van der Waals surface area contributed by atoms with Crippen molar-refractivity contribution in [2.75, 3.05) is 0 Å². The summed E-state index contributed by atoms with van der Waals surface area (Å²) in [6.45, 7) is 5.43. The van der Waals surface area contributed by atoms with Crippen LogP contribution >= 0.6 is 0 Å². The first kappa shape index (κ1) is 10.2. The molecule has 0 aliphatic heterocycles. The van der Waals surface area contributed by atoms with E-state index in [2.05, 4.69) is 4.99 Å². The van der Waals surface area contributed by atoms with Gasteiger partial charge < -0.3 is 10.5 Å². The summed E-state index contributed by atoms with van der Waals surface area (Å²) < 4.78 is 4.97. The summed E-state index contributed by atoms with van der Waals surface area (Å²) in [6.07, 6.45) is 1.97. The minimum Gasteiger partial charge on any atom is -0.442 e. The average molecular weight is 184 g/mol. The van der Waals surface area contributed by atoms with Gasteiger partial charge in [0.15, 0.2) is 0 Å². The number of rotatable bonds is 1. The molecular weight excluding hydrogens is 168 g/mol. The Morgan fingerprint density at radius 1 is 1.62 bits per heavy atom. The summed E-state index contributed by atoms with van der Waals surface area (Å²) in [6, 6.07) is 0.186. The number of ether oxygens (including phenoxy) is 1. The van der Waals surface area contributed by atoms with Crippen LogP contribution in [0.1, 0.15) is 27.2 Å². The molecule has 1 aliphatic carbocycles. The molecule has 13 heavy (non-hydrogen) atoms. The van der Waals surface area contributed by atoms with E-state index < -0.39 is 11.7 Å². The van der Waals surface area contributed by atoms with Gasteiger partial charge in [-0.25, -0.2) is 4.79 Å². The van der Waals surface area contributed by atoms with Gasteiger partial charge in [-0.1, -0.05) is 0 Å². The summed E-state index contributed by atoms with van der Waals surface area (Å²) in [5, 5.41) is 0. The summed E-state index contributed by atoms with van der Waals surface area (Å²) in [7, 11) is 0. The second kappa shape index (κ2) is 3.46. The Kier molecular flexibility index (Phi) is 2.71. The Bertz CT molecular complexity index is 230. The van der Waals surface area contributed by atoms with Crippen molar-refractivity contribution in [3.8, 4) is 0 Å². The minimum atomic E-state index is -0.536. The third-order valence-corrected chi connectivity index (χ3v) is 1.66. The Morgan fingerprint density at radius 2 is 2.15 bits per heavy atom. The lowest BCUT2D eigenvalue weighted by molar-refractivity contribution is 0.0605. The fraction of sp³-hybridized carbons (Fsp3) is 0.778. The van der Waals surface area contributed by atoms with Crippen LogP contribution in [0, 0.1) is 5.92 Å². The van der Waals surface area contributed by atoms with Gasteiger partial charge in [0.1, 0.15) is 5.60 Å². The van der Waals surface area contributed by atoms with Crippen molar-refractivity contribution in [3.05, 3.63) is 0 Å². The van der Waals surface area contributed by atoms with E-state index in [0.29, 0.717) is 0 Å². The molecule has 74 valence electrons. The highest BCUT2D eigenvalue weighted by molar-refractivity contribution is 5.81. The number of nitrogens with zero attached hydrogens (tertiary/aromatic N) is 1. The van der Waals surface area contributed by atoms with Crippen LogP contribution in [0.2, 0.25) is 0 Å². The van der Waals surface area contributed by atoms with Crippen LogP contribution in [0.4, 0.5) is 4.79 Å². The molecule has 1 saturated carbocycles. The van der Waals surface area contributed by atoms with Crippen LogP contribution in [-0.2, 0) is 4.74 Å². The number of hydrogen-bond acceptors (Lipinski definition) is 3. The SMILES string of the molecule is CC(C)(C)OC(=O)N=CC1C[C@@H]1N. The second-order valence-corrected chi connectivity index (χ2v) is 4.32. The number of carbonyl (C=O) groups is 1. The molecule has 0 saturated heterocycles. The van der Waals surface area contributed by atoms with E-state index >= 15 is 0 Å². The molecule has 4 heteroatoms. The van der Waals surface area contributed by atoms with Crippen molar-refractivity contribution in [1.82, 2.24) is 0 Å². The van der Waals surface area contributed by atoms with Crippen molar-refractivity contribution in [3.63, 3.8) is 0 Å². The maximum absolute atomic E-state index is 11.0. The molecule has 0 aromatic heterocycles. The standard InChI is InChI=1S/C9H16N2O2/c1-9(2,3)13-8(12)11-5-6-4-7(6)10/h5-7H,4,10H2,1-3H3/t6?,7-/m0/s1. The van der Waals surface area contributed by atoms with Crippen LogP contribution in [0.15, 0.2) is 4.99 Å². The first-order chi connectivity index (χ1) is 5.88. The van der Waals surface area contributed by atoms with E-state index in [1.807, 2.05) is 20.8 Å². The lowest BCUT2D eigenvalue weighted by atomic mass is 10.2. The van der Waals surface area contributed by atoms with E-state index in [1.54, 1.807) is 6.21 Å². The smallest absolute Gasteiger partial charge is 0.433 e. The van der Waals surface area contributed by atoms with E-state index in [4.69, 9.17) is 10.5 Å². The third kappa shape index (κ3) is 4.03. The molecule has 2 atom stereocenters. The Morgan fingerprint density at radius 3 is 2.54 bits per heavy atom. The summed E-state index contributed by atoms with van der Waals surface area (Å²) >= 11 is 0. The highest BCUT2D eigenvalue weighted by Gasteiger charge is 2.31. The first-order valence-electron chi connectivity index (χ1n) is 4.41. The molecule has 0 aromatic rings. The van der Waals surface area contributed by atoms with Gasteiger partial charge >= 0.3 is 6.09 Å². The highest BCUT2D eigenvalue weighted by Crippen LogP contribution is 2.25. The number of amides is 1. The largest absolute Gasteiger partial charge is 0.442 e. The van der Waals surface area contributed by atoms with Crippen LogP contribution in [0.5, 0.6) is 0 Å². The number of aliphatic imine (C=N–C) groups is 1. The zero-order valence-corrected chi connectivity index (χ0v) is 8.28. The molecule has 0 spiro atoms. The lowest BCUT2D eigenvalue weighted by Crippen LogP contribution is -2.22. The average Bonchev–Trinajstić information content (AvgIpc) is 2.58. The van der Waals surface area contributed by atoms with Gasteiger partial charge in [0.25, 0.3) is 0 Å². The van der Waals surface area contributed by atoms with Crippen LogP contribution in [-0.4, -0.2) is 24.0 Å². The third-order valence-electron chi connectivity index (χ3n) is 1.66. The monoisotopic (exact) mass is 184 g/mol. The topological polar surface area (TPSA) is 64.7 Å². The van der Waals surface area contributed by atoms with Crippen LogP contribution < -0.4 is 5.73 Å². The maximum atomic E-state index is 11.0. The van der Waals surface area contributed by atoms with Crippen molar-refractivity contribution < 1.29 is 9.53 Å². The Hall–Kier alpha value is -0.900. The highest BCUT2D eigenvalue weighted by atomic mass is 16.6. The molecule has 0 bridgehead atoms. The van der Waals surface area contributed by atoms with Crippen molar-refractivity contribution in [2.24, 2.45) is 16.6 Å². The zero-order valence-electron chi connectivity index (χ0n) is 8.28. The van der Waals surface area contributed by atoms with Crippen molar-refractivity contribution >= 4 is 12.3 Å². The molecule has 1 aliphatic rings.